The van der Waals surface area contributed by atoms with Crippen molar-refractivity contribution in [2.45, 2.75) is 26.3 Å². The molecule has 0 aliphatic carbocycles. The van der Waals surface area contributed by atoms with E-state index in [9.17, 15) is 19.8 Å². The van der Waals surface area contributed by atoms with Crippen LogP contribution in [0.4, 0.5) is 0 Å². The molecule has 27 heavy (non-hydrogen) atoms. The molecular weight excluding hydrogens is 370 g/mol. The van der Waals surface area contributed by atoms with Gasteiger partial charge in [0, 0.05) is 23.2 Å². The van der Waals surface area contributed by atoms with E-state index in [4.69, 9.17) is 16.3 Å². The molecule has 7 heteroatoms. The van der Waals surface area contributed by atoms with Crippen LogP contribution in [0.5, 0.6) is 11.5 Å². The van der Waals surface area contributed by atoms with Gasteiger partial charge in [0.05, 0.1) is 5.92 Å². The van der Waals surface area contributed by atoms with Crippen LogP contribution in [0.15, 0.2) is 47.5 Å². The highest BCUT2D eigenvalue weighted by Crippen LogP contribution is 2.23. The van der Waals surface area contributed by atoms with Gasteiger partial charge in [-0.2, -0.15) is 0 Å². The zero-order valence-corrected chi connectivity index (χ0v) is 15.7. The van der Waals surface area contributed by atoms with Crippen molar-refractivity contribution in [3.63, 3.8) is 0 Å². The van der Waals surface area contributed by atoms with E-state index in [1.54, 1.807) is 44.2 Å². The largest absolute Gasteiger partial charge is 0.508 e. The number of halogens is 1. The fourth-order valence-corrected chi connectivity index (χ4v) is 2.35. The van der Waals surface area contributed by atoms with Crippen LogP contribution in [0.1, 0.15) is 25.0 Å². The average Bonchev–Trinajstić information content (AvgIpc) is 2.61. The molecule has 6 nitrogen and oxygen atoms in total. The van der Waals surface area contributed by atoms with Gasteiger partial charge in [-0.15, -0.1) is 0 Å². The highest BCUT2D eigenvalue weighted by Gasteiger charge is 2.17. The average molecular weight is 390 g/mol. The van der Waals surface area contributed by atoms with Gasteiger partial charge in [0.15, 0.2) is 6.04 Å². The Hall–Kier alpha value is -2.86. The van der Waals surface area contributed by atoms with E-state index >= 15 is 0 Å². The standard InChI is InChI=1S/C20H20ClNO5/c1-12(2)20(26)27-18-8-5-15(21)10-14(18)11-22-17(19(24)25)9-13-3-6-16(23)7-4-13/h3-8,10-12,17,23H,9H2,1-2H3,(H,24,25). The lowest BCUT2D eigenvalue weighted by Gasteiger charge is -2.11. The number of phenols is 1. The fraction of sp³-hybridized carbons (Fsp3) is 0.250. The van der Waals surface area contributed by atoms with Crippen molar-refractivity contribution in [1.29, 1.82) is 0 Å². The van der Waals surface area contributed by atoms with E-state index in [1.165, 1.54) is 18.3 Å². The molecule has 1 unspecified atom stereocenters. The first-order chi connectivity index (χ1) is 12.8. The Morgan fingerprint density at radius 2 is 1.85 bits per heavy atom. The molecule has 0 spiro atoms. The molecule has 0 aliphatic heterocycles. The summed E-state index contributed by atoms with van der Waals surface area (Å²) >= 11 is 6.00. The van der Waals surface area contributed by atoms with Crippen molar-refractivity contribution >= 4 is 29.8 Å². The Morgan fingerprint density at radius 1 is 1.19 bits per heavy atom. The van der Waals surface area contributed by atoms with E-state index in [1.807, 2.05) is 0 Å². The number of ether oxygens (including phenoxy) is 1. The van der Waals surface area contributed by atoms with Gasteiger partial charge in [-0.25, -0.2) is 4.79 Å². The number of aromatic hydroxyl groups is 1. The van der Waals surface area contributed by atoms with E-state index in [0.29, 0.717) is 10.6 Å². The van der Waals surface area contributed by atoms with Crippen molar-refractivity contribution in [3.05, 3.63) is 58.6 Å². The van der Waals surface area contributed by atoms with Gasteiger partial charge in [-0.05, 0) is 35.9 Å². The van der Waals surface area contributed by atoms with E-state index in [0.717, 1.165) is 5.56 Å². The molecule has 0 heterocycles. The molecule has 0 radical (unpaired) electrons. The summed E-state index contributed by atoms with van der Waals surface area (Å²) in [6, 6.07) is 9.87. The van der Waals surface area contributed by atoms with Gasteiger partial charge in [0.1, 0.15) is 11.5 Å². The Kier molecular flexibility index (Phi) is 6.96. The van der Waals surface area contributed by atoms with E-state index in [2.05, 4.69) is 4.99 Å². The SMILES string of the molecule is CC(C)C(=O)Oc1ccc(Cl)cc1C=NC(Cc1ccc(O)cc1)C(=O)O. The van der Waals surface area contributed by atoms with Crippen LogP contribution in [0, 0.1) is 5.92 Å². The summed E-state index contributed by atoms with van der Waals surface area (Å²) in [6.07, 6.45) is 1.49. The molecule has 2 aromatic rings. The smallest absolute Gasteiger partial charge is 0.328 e. The van der Waals surface area contributed by atoms with Crippen molar-refractivity contribution in [1.82, 2.24) is 0 Å². The minimum Gasteiger partial charge on any atom is -0.508 e. The maximum atomic E-state index is 11.9. The van der Waals surface area contributed by atoms with Gasteiger partial charge in [0.2, 0.25) is 0 Å². The zero-order valence-electron chi connectivity index (χ0n) is 14.9. The summed E-state index contributed by atoms with van der Waals surface area (Å²) in [4.78, 5) is 27.5. The van der Waals surface area contributed by atoms with Gasteiger partial charge in [-0.3, -0.25) is 9.79 Å². The predicted octanol–water partition coefficient (Wildman–Crippen LogP) is 3.72. The molecule has 1 atom stereocenters. The second-order valence-electron chi connectivity index (χ2n) is 6.26. The number of carboxylic acid groups (broad SMARTS) is 1. The highest BCUT2D eigenvalue weighted by molar-refractivity contribution is 6.31. The summed E-state index contributed by atoms with van der Waals surface area (Å²) < 4.78 is 5.32. The predicted molar refractivity (Wildman–Crippen MR) is 103 cm³/mol. The molecule has 0 aromatic heterocycles. The van der Waals surface area contributed by atoms with E-state index < -0.39 is 18.0 Å². The number of benzene rings is 2. The summed E-state index contributed by atoms with van der Waals surface area (Å²) in [7, 11) is 0. The van der Waals surface area contributed by atoms with Gasteiger partial charge in [-0.1, -0.05) is 37.6 Å². The summed E-state index contributed by atoms with van der Waals surface area (Å²) in [5, 5.41) is 19.2. The third-order valence-corrected chi connectivity index (χ3v) is 3.93. The molecule has 142 valence electrons. The molecule has 0 saturated heterocycles. The number of carbonyl (C=O) groups is 2. The number of hydrogen-bond acceptors (Lipinski definition) is 5. The molecule has 0 aliphatic rings. The third kappa shape index (κ3) is 6.11. The topological polar surface area (TPSA) is 96.2 Å². The third-order valence-electron chi connectivity index (χ3n) is 3.70. The first kappa shape index (κ1) is 20.5. The van der Waals surface area contributed by atoms with Crippen molar-refractivity contribution in [3.8, 4) is 11.5 Å². The number of phenolic OH excluding ortho intramolecular Hbond substituents is 1. The van der Waals surface area contributed by atoms with Gasteiger partial charge < -0.3 is 14.9 Å². The molecule has 2 N–H and O–H groups in total. The van der Waals surface area contributed by atoms with Crippen molar-refractivity contribution in [2.75, 3.05) is 0 Å². The van der Waals surface area contributed by atoms with Crippen molar-refractivity contribution < 1.29 is 24.5 Å². The Balaban J connectivity index is 2.24. The summed E-state index contributed by atoms with van der Waals surface area (Å²) in [6.45, 7) is 3.42. The zero-order chi connectivity index (χ0) is 20.0. The van der Waals surface area contributed by atoms with Crippen LogP contribution in [0.2, 0.25) is 5.02 Å². The lowest BCUT2D eigenvalue weighted by molar-refractivity contribution is -0.139. The number of rotatable bonds is 7. The highest BCUT2D eigenvalue weighted by atomic mass is 35.5. The Bertz CT molecular complexity index is 846. The number of aliphatic imine (C=N–C) groups is 1. The van der Waals surface area contributed by atoms with Crippen molar-refractivity contribution in [2.24, 2.45) is 10.9 Å². The molecule has 2 aromatic carbocycles. The lowest BCUT2D eigenvalue weighted by Crippen LogP contribution is -2.21. The minimum absolute atomic E-state index is 0.102. The summed E-state index contributed by atoms with van der Waals surface area (Å²) in [5.41, 5.74) is 1.13. The Labute approximate surface area is 162 Å². The van der Waals surface area contributed by atoms with Crippen LogP contribution >= 0.6 is 11.6 Å². The number of carboxylic acids is 1. The van der Waals surface area contributed by atoms with Crippen LogP contribution in [-0.2, 0) is 16.0 Å². The lowest BCUT2D eigenvalue weighted by atomic mass is 10.1. The Morgan fingerprint density at radius 3 is 2.44 bits per heavy atom. The molecule has 0 amide bonds. The maximum absolute atomic E-state index is 11.9. The van der Waals surface area contributed by atoms with Gasteiger partial charge >= 0.3 is 11.9 Å². The van der Waals surface area contributed by atoms with Crippen LogP contribution in [0.3, 0.4) is 0 Å². The normalized spacial score (nSPS) is 12.3. The number of esters is 1. The number of carbonyl (C=O) groups excluding carboxylic acids is 1. The maximum Gasteiger partial charge on any atom is 0.328 e. The quantitative estimate of drug-likeness (QED) is 0.427. The minimum atomic E-state index is -1.10. The second kappa shape index (κ2) is 9.19. The number of nitrogens with zero attached hydrogens (tertiary/aromatic N) is 1. The fourth-order valence-electron chi connectivity index (χ4n) is 2.17. The first-order valence-corrected chi connectivity index (χ1v) is 8.69. The molecule has 2 rings (SSSR count). The van der Waals surface area contributed by atoms with Crippen LogP contribution in [0.25, 0.3) is 0 Å². The number of aliphatic carboxylic acids is 1. The molecular formula is C20H20ClNO5. The van der Waals surface area contributed by atoms with Crippen LogP contribution < -0.4 is 4.74 Å². The first-order valence-electron chi connectivity index (χ1n) is 8.31. The monoisotopic (exact) mass is 389 g/mol. The summed E-state index contributed by atoms with van der Waals surface area (Å²) in [5.74, 6) is -1.46. The molecule has 0 fully saturated rings. The number of hydrogen-bond donors (Lipinski definition) is 2. The van der Waals surface area contributed by atoms with Crippen LogP contribution in [-0.4, -0.2) is 34.4 Å². The molecule has 0 bridgehead atoms. The van der Waals surface area contributed by atoms with Gasteiger partial charge in [0.25, 0.3) is 0 Å². The van der Waals surface area contributed by atoms with E-state index in [-0.39, 0.29) is 23.8 Å². The molecule has 0 saturated carbocycles. The second-order valence-corrected chi connectivity index (χ2v) is 6.70.